The Balaban J connectivity index is 3.00. The first-order valence-electron chi connectivity index (χ1n) is 9.53. The van der Waals surface area contributed by atoms with Crippen molar-refractivity contribution in [1.82, 2.24) is 10.6 Å². The smallest absolute Gasteiger partial charge is 0.408 e. The third-order valence-corrected chi connectivity index (χ3v) is 4.59. The first kappa shape index (κ1) is 25.2. The second-order valence-electron chi connectivity index (χ2n) is 8.24. The Morgan fingerprint density at radius 2 is 1.62 bits per heavy atom. The van der Waals surface area contributed by atoms with Gasteiger partial charge in [0.25, 0.3) is 0 Å². The van der Waals surface area contributed by atoms with Crippen molar-refractivity contribution in [2.24, 2.45) is 5.92 Å². The molecule has 2 amide bonds. The van der Waals surface area contributed by atoms with Crippen LogP contribution in [0.15, 0.2) is 24.3 Å². The van der Waals surface area contributed by atoms with Gasteiger partial charge in [-0.3, -0.25) is 4.79 Å². The van der Waals surface area contributed by atoms with Gasteiger partial charge in [-0.25, -0.2) is 9.59 Å². The van der Waals surface area contributed by atoms with E-state index in [9.17, 15) is 14.4 Å². The number of methoxy groups -OCH3 is 1. The first-order valence-corrected chi connectivity index (χ1v) is 10.6. The molecule has 0 aromatic heterocycles. The normalized spacial score (nSPS) is 13.4. The fourth-order valence-corrected chi connectivity index (χ4v) is 2.97. The third-order valence-electron chi connectivity index (χ3n) is 3.87. The molecule has 0 saturated heterocycles. The number of benzene rings is 1. The molecule has 162 valence electrons. The van der Waals surface area contributed by atoms with Crippen LogP contribution in [-0.2, 0) is 25.5 Å². The summed E-state index contributed by atoms with van der Waals surface area (Å²) in [6, 6.07) is 5.95. The predicted molar refractivity (Wildman–Crippen MR) is 119 cm³/mol. The number of carbonyl (C=O) groups is 3. The zero-order valence-corrected chi connectivity index (χ0v) is 20.0. The maximum Gasteiger partial charge on any atom is 0.408 e. The first-order chi connectivity index (χ1) is 13.4. The molecule has 0 heterocycles. The van der Waals surface area contributed by atoms with E-state index < -0.39 is 35.7 Å². The van der Waals surface area contributed by atoms with Crippen LogP contribution in [0.3, 0.4) is 0 Å². The minimum Gasteiger partial charge on any atom is -0.467 e. The lowest BCUT2D eigenvalue weighted by Gasteiger charge is -2.25. The molecule has 0 fully saturated rings. The van der Waals surface area contributed by atoms with Crippen molar-refractivity contribution in [2.45, 2.75) is 65.1 Å². The van der Waals surface area contributed by atoms with Gasteiger partial charge in [-0.1, -0.05) is 26.0 Å². The molecule has 0 spiro atoms. The minimum atomic E-state index is -0.899. The zero-order valence-electron chi connectivity index (χ0n) is 17.9. The van der Waals surface area contributed by atoms with Crippen molar-refractivity contribution >= 4 is 40.6 Å². The predicted octanol–water partition coefficient (Wildman–Crippen LogP) is 3.43. The van der Waals surface area contributed by atoms with Gasteiger partial charge in [-0.15, -0.1) is 0 Å². The molecule has 29 heavy (non-hydrogen) atoms. The molecule has 1 rings (SSSR count). The van der Waals surface area contributed by atoms with E-state index in [1.54, 1.807) is 20.8 Å². The van der Waals surface area contributed by atoms with E-state index in [1.807, 2.05) is 38.1 Å². The fraction of sp³-hybridized carbons (Fsp3) is 0.571. The lowest BCUT2D eigenvalue weighted by molar-refractivity contribution is -0.145. The summed E-state index contributed by atoms with van der Waals surface area (Å²) >= 11 is 2.20. The highest BCUT2D eigenvalue weighted by Crippen LogP contribution is 2.12. The summed E-state index contributed by atoms with van der Waals surface area (Å²) in [5.74, 6) is -0.810. The summed E-state index contributed by atoms with van der Waals surface area (Å²) in [5.41, 5.74) is 0.181. The van der Waals surface area contributed by atoms with Gasteiger partial charge in [0.2, 0.25) is 5.91 Å². The fourth-order valence-electron chi connectivity index (χ4n) is 2.62. The van der Waals surface area contributed by atoms with Crippen molar-refractivity contribution in [3.05, 3.63) is 33.4 Å². The SMILES string of the molecule is COC(=O)[C@@H](CC(C)C)NC(=O)[C@H](Cc1ccc(I)cc1)NC(=O)OC(C)(C)C. The van der Waals surface area contributed by atoms with Crippen LogP contribution in [0.1, 0.15) is 46.6 Å². The molecule has 1 aromatic rings. The number of amides is 2. The molecule has 8 heteroatoms. The number of rotatable bonds is 8. The van der Waals surface area contributed by atoms with Crippen LogP contribution in [0.25, 0.3) is 0 Å². The number of hydrogen-bond donors (Lipinski definition) is 2. The van der Waals surface area contributed by atoms with Gasteiger partial charge in [-0.05, 0) is 73.4 Å². The molecule has 0 aliphatic carbocycles. The van der Waals surface area contributed by atoms with Crippen molar-refractivity contribution in [1.29, 1.82) is 0 Å². The molecule has 0 saturated carbocycles. The molecular formula is C21H31IN2O5. The summed E-state index contributed by atoms with van der Waals surface area (Å²) in [6.07, 6.45) is 0.000199. The third kappa shape index (κ3) is 9.96. The quantitative estimate of drug-likeness (QED) is 0.407. The van der Waals surface area contributed by atoms with Crippen LogP contribution < -0.4 is 10.6 Å². The molecule has 2 atom stereocenters. The Labute approximate surface area is 186 Å². The van der Waals surface area contributed by atoms with Gasteiger partial charge in [0, 0.05) is 9.99 Å². The summed E-state index contributed by atoms with van der Waals surface area (Å²) < 4.78 is 11.2. The molecule has 0 unspecified atom stereocenters. The monoisotopic (exact) mass is 518 g/mol. The Morgan fingerprint density at radius 1 is 1.03 bits per heavy atom. The lowest BCUT2D eigenvalue weighted by atomic mass is 10.0. The molecule has 1 aromatic carbocycles. The van der Waals surface area contributed by atoms with Gasteiger partial charge in [-0.2, -0.15) is 0 Å². The average molecular weight is 518 g/mol. The van der Waals surface area contributed by atoms with Gasteiger partial charge >= 0.3 is 12.1 Å². The Kier molecular flexibility index (Phi) is 9.88. The highest BCUT2D eigenvalue weighted by molar-refractivity contribution is 14.1. The number of nitrogens with one attached hydrogen (secondary N) is 2. The van der Waals surface area contributed by atoms with Gasteiger partial charge in [0.15, 0.2) is 0 Å². The van der Waals surface area contributed by atoms with Crippen molar-refractivity contribution < 1.29 is 23.9 Å². The maximum absolute atomic E-state index is 12.9. The van der Waals surface area contributed by atoms with Crippen molar-refractivity contribution in [2.75, 3.05) is 7.11 Å². The maximum atomic E-state index is 12.9. The number of hydrogen-bond acceptors (Lipinski definition) is 5. The van der Waals surface area contributed by atoms with Crippen molar-refractivity contribution in [3.8, 4) is 0 Å². The lowest BCUT2D eigenvalue weighted by Crippen LogP contribution is -2.53. The molecule has 0 radical (unpaired) electrons. The second-order valence-corrected chi connectivity index (χ2v) is 9.49. The highest BCUT2D eigenvalue weighted by Gasteiger charge is 2.29. The van der Waals surface area contributed by atoms with Crippen molar-refractivity contribution in [3.63, 3.8) is 0 Å². The van der Waals surface area contributed by atoms with E-state index in [4.69, 9.17) is 9.47 Å². The Bertz CT molecular complexity index is 698. The van der Waals surface area contributed by atoms with E-state index >= 15 is 0 Å². The number of alkyl carbamates (subject to hydrolysis) is 1. The van der Waals surface area contributed by atoms with Crippen LogP contribution in [0.4, 0.5) is 4.79 Å². The molecule has 0 bridgehead atoms. The van der Waals surface area contributed by atoms with E-state index in [0.29, 0.717) is 6.42 Å². The Hall–Kier alpha value is -1.84. The van der Waals surface area contributed by atoms with E-state index in [-0.39, 0.29) is 12.3 Å². The van der Waals surface area contributed by atoms with E-state index in [2.05, 4.69) is 33.2 Å². The van der Waals surface area contributed by atoms with E-state index in [0.717, 1.165) is 9.13 Å². The minimum absolute atomic E-state index is 0.174. The van der Waals surface area contributed by atoms with Crippen LogP contribution in [0.2, 0.25) is 0 Å². The summed E-state index contributed by atoms with van der Waals surface area (Å²) in [6.45, 7) is 9.14. The largest absolute Gasteiger partial charge is 0.467 e. The topological polar surface area (TPSA) is 93.7 Å². The van der Waals surface area contributed by atoms with Gasteiger partial charge < -0.3 is 20.1 Å². The van der Waals surface area contributed by atoms with Crippen LogP contribution in [0, 0.1) is 9.49 Å². The van der Waals surface area contributed by atoms with Crippen LogP contribution in [-0.4, -0.2) is 42.8 Å². The standard InChI is InChI=1S/C21H31IN2O5/c1-13(2)11-17(19(26)28-6)23-18(25)16(24-20(27)29-21(3,4)5)12-14-7-9-15(22)10-8-14/h7-10,13,16-17H,11-12H2,1-6H3,(H,23,25)(H,24,27)/t16-,17+/m0/s1. The van der Waals surface area contributed by atoms with Gasteiger partial charge in [0.05, 0.1) is 7.11 Å². The van der Waals surface area contributed by atoms with Crippen LogP contribution in [0.5, 0.6) is 0 Å². The molecule has 7 nitrogen and oxygen atoms in total. The molecular weight excluding hydrogens is 487 g/mol. The number of carbonyl (C=O) groups excluding carboxylic acids is 3. The summed E-state index contributed by atoms with van der Waals surface area (Å²) in [4.78, 5) is 37.3. The molecule has 0 aliphatic heterocycles. The Morgan fingerprint density at radius 3 is 2.10 bits per heavy atom. The molecule has 0 aliphatic rings. The molecule has 2 N–H and O–H groups in total. The summed E-state index contributed by atoms with van der Waals surface area (Å²) in [7, 11) is 1.28. The van der Waals surface area contributed by atoms with E-state index in [1.165, 1.54) is 7.11 Å². The number of ether oxygens (including phenoxy) is 2. The highest BCUT2D eigenvalue weighted by atomic mass is 127. The van der Waals surface area contributed by atoms with Crippen LogP contribution >= 0.6 is 22.6 Å². The number of esters is 1. The second kappa shape index (κ2) is 11.4. The van der Waals surface area contributed by atoms with Gasteiger partial charge in [0.1, 0.15) is 17.7 Å². The summed E-state index contributed by atoms with van der Waals surface area (Å²) in [5, 5.41) is 5.34. The number of halogens is 1. The average Bonchev–Trinajstić information content (AvgIpc) is 2.59. The zero-order chi connectivity index (χ0) is 22.2.